The predicted octanol–water partition coefficient (Wildman–Crippen LogP) is 5.81. The molecule has 3 heteroatoms. The summed E-state index contributed by atoms with van der Waals surface area (Å²) < 4.78 is 2.61. The average Bonchev–Trinajstić information content (AvgIpc) is 2.75. The number of nitrogens with zero attached hydrogens (tertiary/aromatic N) is 1. The SMILES string of the molecule is CN(C)c1ccc(C2=CC(c3ccccc3)=CC(c3ccccc3)=[Te]2Cl)cc1. The summed E-state index contributed by atoms with van der Waals surface area (Å²) in [4.78, 5) is 2.12. The Morgan fingerprint density at radius 2 is 1.21 bits per heavy atom. The molecule has 28 heavy (non-hydrogen) atoms. The van der Waals surface area contributed by atoms with Crippen molar-refractivity contribution in [2.45, 2.75) is 0 Å². The third-order valence-electron chi connectivity index (χ3n) is 4.79. The normalized spacial score (nSPS) is 14.5. The Morgan fingerprint density at radius 1 is 0.643 bits per heavy atom. The molecule has 0 N–H and O–H groups in total. The monoisotopic (exact) mass is 501 g/mol. The summed E-state index contributed by atoms with van der Waals surface area (Å²) in [5.41, 5.74) is 6.11. The van der Waals surface area contributed by atoms with Gasteiger partial charge >= 0.3 is 178 Å². The fourth-order valence-electron chi connectivity index (χ4n) is 3.24. The Hall–Kier alpha value is -2.11. The van der Waals surface area contributed by atoms with Crippen molar-refractivity contribution in [3.8, 4) is 0 Å². The summed E-state index contributed by atoms with van der Waals surface area (Å²) in [6.45, 7) is 0. The Labute approximate surface area is 177 Å². The van der Waals surface area contributed by atoms with Gasteiger partial charge in [-0.1, -0.05) is 0 Å². The average molecular weight is 500 g/mol. The van der Waals surface area contributed by atoms with E-state index in [9.17, 15) is 0 Å². The third kappa shape index (κ3) is 4.01. The van der Waals surface area contributed by atoms with E-state index in [4.69, 9.17) is 8.96 Å². The van der Waals surface area contributed by atoms with Gasteiger partial charge in [0.05, 0.1) is 0 Å². The predicted molar refractivity (Wildman–Crippen MR) is 125 cm³/mol. The summed E-state index contributed by atoms with van der Waals surface area (Å²) >= 11 is -2.18. The van der Waals surface area contributed by atoms with Crippen molar-refractivity contribution in [3.63, 3.8) is 0 Å². The number of allylic oxidation sites excluding steroid dienone is 3. The Kier molecular flexibility index (Phi) is 5.83. The van der Waals surface area contributed by atoms with Crippen LogP contribution in [0.15, 0.2) is 97.1 Å². The van der Waals surface area contributed by atoms with Gasteiger partial charge in [0, 0.05) is 0 Å². The maximum absolute atomic E-state index is 7.18. The van der Waals surface area contributed by atoms with Gasteiger partial charge in [-0.15, -0.1) is 0 Å². The second-order valence-corrected chi connectivity index (χ2v) is 12.9. The number of rotatable bonds is 4. The van der Waals surface area contributed by atoms with Gasteiger partial charge in [-0.2, -0.15) is 0 Å². The summed E-state index contributed by atoms with van der Waals surface area (Å²) in [7, 11) is 11.3. The Morgan fingerprint density at radius 3 is 1.79 bits per heavy atom. The molecule has 0 atom stereocenters. The van der Waals surface area contributed by atoms with Crippen molar-refractivity contribution < 1.29 is 0 Å². The zero-order valence-electron chi connectivity index (χ0n) is 16.0. The van der Waals surface area contributed by atoms with Gasteiger partial charge < -0.3 is 0 Å². The van der Waals surface area contributed by atoms with Crippen LogP contribution in [0.25, 0.3) is 9.19 Å². The first-order valence-electron chi connectivity index (χ1n) is 9.23. The Balaban J connectivity index is 1.87. The van der Waals surface area contributed by atoms with E-state index in [1.807, 2.05) is 0 Å². The minimum absolute atomic E-state index is 1.20. The van der Waals surface area contributed by atoms with Crippen LogP contribution in [0, 0.1) is 0 Å². The van der Waals surface area contributed by atoms with Crippen molar-refractivity contribution in [1.82, 2.24) is 0 Å². The molecule has 140 valence electrons. The van der Waals surface area contributed by atoms with Crippen LogP contribution >= 0.6 is 8.96 Å². The number of hydrogen-bond donors (Lipinski definition) is 0. The van der Waals surface area contributed by atoms with E-state index in [0.717, 1.165) is 0 Å². The molecule has 3 aromatic carbocycles. The number of hydrogen-bond acceptors (Lipinski definition) is 1. The van der Waals surface area contributed by atoms with Crippen LogP contribution in [-0.2, 0) is 0 Å². The summed E-state index contributed by atoms with van der Waals surface area (Å²) in [6, 6.07) is 29.9. The maximum atomic E-state index is 7.18. The van der Waals surface area contributed by atoms with Crippen molar-refractivity contribution in [3.05, 3.63) is 114 Å². The van der Waals surface area contributed by atoms with Gasteiger partial charge in [0.15, 0.2) is 0 Å². The first-order valence-corrected chi connectivity index (χ1v) is 14.5. The quantitative estimate of drug-likeness (QED) is 0.410. The topological polar surface area (TPSA) is 3.24 Å². The van der Waals surface area contributed by atoms with E-state index in [-0.39, 0.29) is 0 Å². The first kappa shape index (κ1) is 19.2. The molecule has 0 spiro atoms. The van der Waals surface area contributed by atoms with E-state index >= 15 is 0 Å². The number of anilines is 1. The van der Waals surface area contributed by atoms with Gasteiger partial charge in [0.25, 0.3) is 0 Å². The summed E-state index contributed by atoms with van der Waals surface area (Å²) in [5.74, 6) is 0. The van der Waals surface area contributed by atoms with Crippen LogP contribution in [0.2, 0.25) is 0 Å². The second kappa shape index (κ2) is 8.50. The van der Waals surface area contributed by atoms with Crippen molar-refractivity contribution >= 4 is 45.4 Å². The first-order chi connectivity index (χ1) is 13.6. The van der Waals surface area contributed by atoms with Crippen molar-refractivity contribution in [1.29, 1.82) is 0 Å². The zero-order chi connectivity index (χ0) is 19.5. The molecule has 1 heterocycles. The van der Waals surface area contributed by atoms with Gasteiger partial charge in [-0.3, -0.25) is 0 Å². The van der Waals surface area contributed by atoms with E-state index in [1.165, 1.54) is 35.1 Å². The molecular weight excluding hydrogens is 477 g/mol. The molecule has 1 nitrogen and oxygen atoms in total. The molecule has 0 saturated carbocycles. The fraction of sp³-hybridized carbons (Fsp3) is 0.0800. The number of benzene rings is 3. The van der Waals surface area contributed by atoms with E-state index in [0.29, 0.717) is 0 Å². The minimum atomic E-state index is -2.18. The molecule has 3 aromatic rings. The number of halogens is 1. The van der Waals surface area contributed by atoms with Crippen LogP contribution in [0.1, 0.15) is 16.7 Å². The molecule has 1 aliphatic rings. The van der Waals surface area contributed by atoms with Crippen molar-refractivity contribution in [2.75, 3.05) is 19.0 Å². The van der Waals surface area contributed by atoms with Gasteiger partial charge in [-0.25, -0.2) is 0 Å². The molecule has 4 rings (SSSR count). The van der Waals surface area contributed by atoms with Crippen molar-refractivity contribution in [2.24, 2.45) is 0 Å². The molecule has 0 aliphatic carbocycles. The molecule has 0 radical (unpaired) electrons. The summed E-state index contributed by atoms with van der Waals surface area (Å²) in [6.07, 6.45) is 4.60. The van der Waals surface area contributed by atoms with E-state index in [2.05, 4.69) is 116 Å². The van der Waals surface area contributed by atoms with Crippen LogP contribution < -0.4 is 4.90 Å². The van der Waals surface area contributed by atoms with E-state index in [1.54, 1.807) is 0 Å². The summed E-state index contributed by atoms with van der Waals surface area (Å²) in [5, 5.41) is 0. The fourth-order valence-corrected chi connectivity index (χ4v) is 8.99. The van der Waals surface area contributed by atoms with Gasteiger partial charge in [-0.05, 0) is 0 Å². The van der Waals surface area contributed by atoms with Crippen LogP contribution in [0.4, 0.5) is 5.69 Å². The molecule has 1 aliphatic heterocycles. The zero-order valence-corrected chi connectivity index (χ0v) is 19.1. The molecule has 0 aromatic heterocycles. The molecule has 0 fully saturated rings. The standard InChI is InChI=1S/C25H22ClNTe/c1-27(2)23-15-13-21(14-16-23)25-18-22(19-9-5-3-6-10-19)17-24(28(25)26)20-11-7-4-8-12-20/h3-18H,1-2H3. The van der Waals surface area contributed by atoms with Gasteiger partial charge in [0.1, 0.15) is 0 Å². The van der Waals surface area contributed by atoms with Gasteiger partial charge in [0.2, 0.25) is 0 Å². The molecule has 0 saturated heterocycles. The van der Waals surface area contributed by atoms with Crippen LogP contribution in [0.3, 0.4) is 0 Å². The third-order valence-corrected chi connectivity index (χ3v) is 11.2. The Bertz CT molecular complexity index is 1060. The second-order valence-electron chi connectivity index (χ2n) is 6.90. The van der Waals surface area contributed by atoms with E-state index < -0.39 is 18.0 Å². The molecule has 0 amide bonds. The molecule has 0 unspecified atom stereocenters. The van der Waals surface area contributed by atoms with Crippen LogP contribution in [0.5, 0.6) is 0 Å². The van der Waals surface area contributed by atoms with Crippen LogP contribution in [-0.4, -0.2) is 35.6 Å². The molecular formula is C25H22ClNTe. The molecule has 0 bridgehead atoms.